The SMILES string of the molecule is CCOc1ccc(C2(C)NC(=NC3CC3)NC2=O)cc1. The fourth-order valence-corrected chi connectivity index (χ4v) is 2.26. The standard InChI is InChI=1S/C15H19N3O2/c1-3-20-12-8-4-10(5-9-12)15(2)13(19)17-14(18-15)16-11-6-7-11/h4-5,8-9,11H,3,6-7H2,1-2H3,(H2,16,17,18,19). The molecular formula is C15H19N3O2. The molecule has 0 bridgehead atoms. The number of rotatable bonds is 4. The van der Waals surface area contributed by atoms with Crippen molar-refractivity contribution in [1.29, 1.82) is 0 Å². The third kappa shape index (κ3) is 2.35. The number of hydrogen-bond donors (Lipinski definition) is 2. The molecule has 1 unspecified atom stereocenters. The molecule has 20 heavy (non-hydrogen) atoms. The molecule has 1 amide bonds. The first-order valence-corrected chi connectivity index (χ1v) is 7.02. The molecule has 2 aliphatic rings. The Morgan fingerprint density at radius 1 is 1.35 bits per heavy atom. The highest BCUT2D eigenvalue weighted by atomic mass is 16.5. The van der Waals surface area contributed by atoms with Gasteiger partial charge in [0.2, 0.25) is 0 Å². The molecule has 0 aromatic heterocycles. The van der Waals surface area contributed by atoms with Crippen LogP contribution < -0.4 is 15.4 Å². The Balaban J connectivity index is 1.82. The van der Waals surface area contributed by atoms with E-state index in [1.807, 2.05) is 38.1 Å². The average Bonchev–Trinajstić information content (AvgIpc) is 3.18. The van der Waals surface area contributed by atoms with E-state index in [4.69, 9.17) is 4.74 Å². The minimum atomic E-state index is -0.765. The maximum Gasteiger partial charge on any atom is 0.256 e. The van der Waals surface area contributed by atoms with Gasteiger partial charge < -0.3 is 10.1 Å². The van der Waals surface area contributed by atoms with Crippen LogP contribution in [0, 0.1) is 0 Å². The Kier molecular flexibility index (Phi) is 3.12. The number of hydrogen-bond acceptors (Lipinski definition) is 3. The molecule has 5 heteroatoms. The zero-order chi connectivity index (χ0) is 14.2. The number of nitrogens with one attached hydrogen (secondary N) is 2. The van der Waals surface area contributed by atoms with Crippen molar-refractivity contribution in [1.82, 2.24) is 10.6 Å². The van der Waals surface area contributed by atoms with Crippen LogP contribution in [0.25, 0.3) is 0 Å². The van der Waals surface area contributed by atoms with Gasteiger partial charge in [0, 0.05) is 0 Å². The summed E-state index contributed by atoms with van der Waals surface area (Å²) in [6, 6.07) is 7.97. The van der Waals surface area contributed by atoms with Crippen molar-refractivity contribution in [2.75, 3.05) is 6.61 Å². The van der Waals surface area contributed by atoms with Crippen LogP contribution in [0.1, 0.15) is 32.3 Å². The second-order valence-electron chi connectivity index (χ2n) is 5.37. The van der Waals surface area contributed by atoms with Crippen LogP contribution in [0.2, 0.25) is 0 Å². The molecular weight excluding hydrogens is 254 g/mol. The Hall–Kier alpha value is -2.04. The third-order valence-electron chi connectivity index (χ3n) is 3.66. The van der Waals surface area contributed by atoms with Gasteiger partial charge in [0.1, 0.15) is 11.3 Å². The Morgan fingerprint density at radius 3 is 2.65 bits per heavy atom. The van der Waals surface area contributed by atoms with E-state index in [-0.39, 0.29) is 5.91 Å². The molecule has 1 heterocycles. The van der Waals surface area contributed by atoms with Crippen LogP contribution in [-0.2, 0) is 10.3 Å². The molecule has 5 nitrogen and oxygen atoms in total. The molecule has 2 N–H and O–H groups in total. The topological polar surface area (TPSA) is 62.7 Å². The highest BCUT2D eigenvalue weighted by molar-refractivity contribution is 6.09. The number of benzene rings is 1. The molecule has 3 rings (SSSR count). The lowest BCUT2D eigenvalue weighted by molar-refractivity contribution is -0.123. The van der Waals surface area contributed by atoms with Crippen molar-refractivity contribution in [2.24, 2.45) is 4.99 Å². The second-order valence-corrected chi connectivity index (χ2v) is 5.37. The van der Waals surface area contributed by atoms with Gasteiger partial charge in [0.15, 0.2) is 5.96 Å². The molecule has 1 aromatic rings. The average molecular weight is 273 g/mol. The van der Waals surface area contributed by atoms with Crippen LogP contribution in [0.5, 0.6) is 5.75 Å². The molecule has 0 spiro atoms. The van der Waals surface area contributed by atoms with Crippen LogP contribution >= 0.6 is 0 Å². The summed E-state index contributed by atoms with van der Waals surface area (Å²) in [6.07, 6.45) is 2.22. The molecule has 1 aromatic carbocycles. The van der Waals surface area contributed by atoms with E-state index in [0.717, 1.165) is 24.2 Å². The first-order valence-electron chi connectivity index (χ1n) is 7.02. The Morgan fingerprint density at radius 2 is 2.05 bits per heavy atom. The first-order chi connectivity index (χ1) is 9.61. The molecule has 106 valence electrons. The van der Waals surface area contributed by atoms with Crippen molar-refractivity contribution < 1.29 is 9.53 Å². The van der Waals surface area contributed by atoms with E-state index < -0.39 is 5.54 Å². The van der Waals surface area contributed by atoms with Gasteiger partial charge in [-0.25, -0.2) is 4.99 Å². The number of amides is 1. The van der Waals surface area contributed by atoms with Gasteiger partial charge in [-0.3, -0.25) is 10.1 Å². The fourth-order valence-electron chi connectivity index (χ4n) is 2.26. The number of aliphatic imine (C=N–C) groups is 1. The maximum absolute atomic E-state index is 12.2. The lowest BCUT2D eigenvalue weighted by atomic mass is 9.92. The summed E-state index contributed by atoms with van der Waals surface area (Å²) < 4.78 is 5.42. The lowest BCUT2D eigenvalue weighted by Gasteiger charge is -2.21. The molecule has 1 saturated carbocycles. The van der Waals surface area contributed by atoms with Crippen molar-refractivity contribution in [3.05, 3.63) is 29.8 Å². The summed E-state index contributed by atoms with van der Waals surface area (Å²) in [5.41, 5.74) is 0.137. The summed E-state index contributed by atoms with van der Waals surface area (Å²) in [5, 5.41) is 6.03. The van der Waals surface area contributed by atoms with Gasteiger partial charge >= 0.3 is 0 Å². The zero-order valence-corrected chi connectivity index (χ0v) is 11.8. The minimum Gasteiger partial charge on any atom is -0.494 e. The summed E-state index contributed by atoms with van der Waals surface area (Å²) in [4.78, 5) is 16.7. The predicted octanol–water partition coefficient (Wildman–Crippen LogP) is 1.54. The molecule has 1 saturated heterocycles. The normalized spacial score (nSPS) is 27.3. The van der Waals surface area contributed by atoms with Crippen LogP contribution in [0.15, 0.2) is 29.3 Å². The number of carbonyl (C=O) groups is 1. The van der Waals surface area contributed by atoms with E-state index in [9.17, 15) is 4.79 Å². The zero-order valence-electron chi connectivity index (χ0n) is 11.8. The second kappa shape index (κ2) is 4.81. The van der Waals surface area contributed by atoms with Gasteiger partial charge in [-0.05, 0) is 44.4 Å². The summed E-state index contributed by atoms with van der Waals surface area (Å²) in [5.74, 6) is 1.33. The molecule has 1 aliphatic carbocycles. The van der Waals surface area contributed by atoms with E-state index >= 15 is 0 Å². The van der Waals surface area contributed by atoms with Crippen molar-refractivity contribution in [3.63, 3.8) is 0 Å². The van der Waals surface area contributed by atoms with Crippen LogP contribution in [0.3, 0.4) is 0 Å². The number of ether oxygens (including phenoxy) is 1. The molecule has 2 fully saturated rings. The highest BCUT2D eigenvalue weighted by Crippen LogP contribution is 2.28. The van der Waals surface area contributed by atoms with Gasteiger partial charge in [-0.2, -0.15) is 0 Å². The van der Waals surface area contributed by atoms with Crippen molar-refractivity contribution >= 4 is 11.9 Å². The van der Waals surface area contributed by atoms with Gasteiger partial charge in [-0.1, -0.05) is 12.1 Å². The minimum absolute atomic E-state index is 0.0685. The number of carbonyl (C=O) groups excluding carboxylic acids is 1. The monoisotopic (exact) mass is 273 g/mol. The van der Waals surface area contributed by atoms with E-state index in [1.54, 1.807) is 0 Å². The molecule has 1 atom stereocenters. The predicted molar refractivity (Wildman–Crippen MR) is 76.7 cm³/mol. The van der Waals surface area contributed by atoms with Gasteiger partial charge in [0.25, 0.3) is 5.91 Å². The van der Waals surface area contributed by atoms with Crippen molar-refractivity contribution in [2.45, 2.75) is 38.3 Å². The Bertz CT molecular complexity index is 549. The maximum atomic E-state index is 12.2. The summed E-state index contributed by atoms with van der Waals surface area (Å²) in [7, 11) is 0. The number of nitrogens with zero attached hydrogens (tertiary/aromatic N) is 1. The molecule has 1 aliphatic heterocycles. The quantitative estimate of drug-likeness (QED) is 0.874. The van der Waals surface area contributed by atoms with Crippen LogP contribution in [-0.4, -0.2) is 24.5 Å². The van der Waals surface area contributed by atoms with Crippen LogP contribution in [0.4, 0.5) is 0 Å². The van der Waals surface area contributed by atoms with Crippen molar-refractivity contribution in [3.8, 4) is 5.75 Å². The van der Waals surface area contributed by atoms with Gasteiger partial charge in [-0.15, -0.1) is 0 Å². The van der Waals surface area contributed by atoms with E-state index in [1.165, 1.54) is 0 Å². The summed E-state index contributed by atoms with van der Waals surface area (Å²) >= 11 is 0. The lowest BCUT2D eigenvalue weighted by Crippen LogP contribution is -2.40. The fraction of sp³-hybridized carbons (Fsp3) is 0.467. The van der Waals surface area contributed by atoms with Gasteiger partial charge in [0.05, 0.1) is 12.6 Å². The highest BCUT2D eigenvalue weighted by Gasteiger charge is 2.42. The first kappa shape index (κ1) is 13.0. The largest absolute Gasteiger partial charge is 0.494 e. The number of guanidine groups is 1. The third-order valence-corrected chi connectivity index (χ3v) is 3.66. The smallest absolute Gasteiger partial charge is 0.256 e. The van der Waals surface area contributed by atoms with E-state index in [2.05, 4.69) is 15.6 Å². The Labute approximate surface area is 118 Å². The molecule has 0 radical (unpaired) electrons. The van der Waals surface area contributed by atoms with E-state index in [0.29, 0.717) is 18.6 Å². The summed E-state index contributed by atoms with van der Waals surface area (Å²) in [6.45, 7) is 4.45.